The van der Waals surface area contributed by atoms with E-state index in [0.29, 0.717) is 0 Å². The highest BCUT2D eigenvalue weighted by molar-refractivity contribution is 8.13. The molecule has 0 bridgehead atoms. The summed E-state index contributed by atoms with van der Waals surface area (Å²) >= 11 is 0. The van der Waals surface area contributed by atoms with Crippen molar-refractivity contribution in [1.29, 1.82) is 0 Å². The molecule has 0 aromatic rings. The lowest BCUT2D eigenvalue weighted by Gasteiger charge is -2.12. The van der Waals surface area contributed by atoms with Crippen LogP contribution in [0.3, 0.4) is 0 Å². The first kappa shape index (κ1) is 13.6. The van der Waals surface area contributed by atoms with Crippen LogP contribution in [-0.4, -0.2) is 33.2 Å². The number of hydrogen-bond acceptors (Lipinski definition) is 4. The maximum atomic E-state index is 12.7. The number of methoxy groups -OCH3 is 1. The zero-order valence-electron chi connectivity index (χ0n) is 7.30. The minimum Gasteiger partial charge on any atom is -0.469 e. The van der Waals surface area contributed by atoms with Crippen molar-refractivity contribution in [1.82, 2.24) is 0 Å². The van der Waals surface area contributed by atoms with Crippen LogP contribution in [-0.2, 0) is 18.6 Å². The normalized spacial score (nSPS) is 12.6. The molecule has 0 fully saturated rings. The Morgan fingerprint density at radius 3 is 2.36 bits per heavy atom. The topological polar surface area (TPSA) is 60.4 Å². The van der Waals surface area contributed by atoms with Gasteiger partial charge in [-0.3, -0.25) is 4.79 Å². The summed E-state index contributed by atoms with van der Waals surface area (Å²) in [4.78, 5) is 10.5. The summed E-state index contributed by atoms with van der Waals surface area (Å²) in [6.07, 6.45) is -1.44. The molecule has 0 radical (unpaired) electrons. The Hall–Kier alpha value is -0.430. The summed E-state index contributed by atoms with van der Waals surface area (Å²) in [5.41, 5.74) is 0. The molecule has 14 heavy (non-hydrogen) atoms. The molecule has 0 saturated heterocycles. The van der Waals surface area contributed by atoms with E-state index in [0.717, 1.165) is 7.11 Å². The van der Waals surface area contributed by atoms with Crippen LogP contribution in [0.5, 0.6) is 0 Å². The molecular formula is C6H9ClF2O4S. The second-order valence-electron chi connectivity index (χ2n) is 2.62. The second-order valence-corrected chi connectivity index (χ2v) is 5.39. The average molecular weight is 251 g/mol. The van der Waals surface area contributed by atoms with Gasteiger partial charge >= 0.3 is 5.97 Å². The fourth-order valence-corrected chi connectivity index (χ4v) is 1.84. The van der Waals surface area contributed by atoms with E-state index in [-0.39, 0.29) is 0 Å². The number of alkyl halides is 2. The van der Waals surface area contributed by atoms with Crippen LogP contribution in [0.1, 0.15) is 12.8 Å². The van der Waals surface area contributed by atoms with Gasteiger partial charge in [-0.15, -0.1) is 0 Å². The summed E-state index contributed by atoms with van der Waals surface area (Å²) in [6, 6.07) is 0. The van der Waals surface area contributed by atoms with Gasteiger partial charge in [-0.05, 0) is 0 Å². The highest BCUT2D eigenvalue weighted by Crippen LogP contribution is 2.24. The molecule has 0 unspecified atom stereocenters. The van der Waals surface area contributed by atoms with Crippen molar-refractivity contribution in [3.05, 3.63) is 0 Å². The molecule has 0 rings (SSSR count). The molecule has 0 aromatic carbocycles. The Kier molecular flexibility index (Phi) is 4.73. The molecule has 0 spiro atoms. The number of ether oxygens (including phenoxy) is 1. The van der Waals surface area contributed by atoms with Crippen LogP contribution in [0.15, 0.2) is 0 Å². The SMILES string of the molecule is COC(=O)CCC(F)(F)CS(=O)(=O)Cl. The van der Waals surface area contributed by atoms with Crippen molar-refractivity contribution in [2.45, 2.75) is 18.8 Å². The Morgan fingerprint density at radius 1 is 1.50 bits per heavy atom. The average Bonchev–Trinajstić information content (AvgIpc) is 1.96. The lowest BCUT2D eigenvalue weighted by Crippen LogP contribution is -2.26. The van der Waals surface area contributed by atoms with Gasteiger partial charge in [0.2, 0.25) is 9.05 Å². The zero-order chi connectivity index (χ0) is 11.4. The van der Waals surface area contributed by atoms with E-state index in [1.54, 1.807) is 0 Å². The van der Waals surface area contributed by atoms with Crippen molar-refractivity contribution in [3.63, 3.8) is 0 Å². The molecule has 0 N–H and O–H groups in total. The van der Waals surface area contributed by atoms with Gasteiger partial charge in [0.1, 0.15) is 5.75 Å². The monoisotopic (exact) mass is 250 g/mol. The summed E-state index contributed by atoms with van der Waals surface area (Å²) in [7, 11) is 1.43. The fourth-order valence-electron chi connectivity index (χ4n) is 0.711. The van der Waals surface area contributed by atoms with Crippen molar-refractivity contribution in [3.8, 4) is 0 Å². The van der Waals surface area contributed by atoms with Crippen LogP contribution in [0, 0.1) is 0 Å². The molecule has 0 aliphatic carbocycles. The van der Waals surface area contributed by atoms with Crippen LogP contribution >= 0.6 is 10.7 Å². The van der Waals surface area contributed by atoms with Gasteiger partial charge in [0.05, 0.1) is 13.5 Å². The first-order chi connectivity index (χ1) is 6.16. The summed E-state index contributed by atoms with van der Waals surface area (Å²) in [5.74, 6) is -5.80. The number of hydrogen-bond donors (Lipinski definition) is 0. The summed E-state index contributed by atoms with van der Waals surface area (Å²) in [6.45, 7) is 0. The lowest BCUT2D eigenvalue weighted by molar-refractivity contribution is -0.142. The fraction of sp³-hybridized carbons (Fsp3) is 0.833. The van der Waals surface area contributed by atoms with Gasteiger partial charge in [-0.25, -0.2) is 17.2 Å². The Bertz CT molecular complexity index is 301. The molecule has 0 amide bonds. The zero-order valence-corrected chi connectivity index (χ0v) is 8.87. The first-order valence-corrected chi connectivity index (χ1v) is 6.01. The second kappa shape index (κ2) is 4.88. The van der Waals surface area contributed by atoms with Crippen LogP contribution in [0.25, 0.3) is 0 Å². The minimum absolute atomic E-state index is 0.546. The summed E-state index contributed by atoms with van der Waals surface area (Å²) < 4.78 is 50.3. The van der Waals surface area contributed by atoms with E-state index in [4.69, 9.17) is 0 Å². The molecule has 0 aliphatic heterocycles. The minimum atomic E-state index is -4.27. The van der Waals surface area contributed by atoms with Crippen LogP contribution in [0.2, 0.25) is 0 Å². The lowest BCUT2D eigenvalue weighted by atomic mass is 10.2. The van der Waals surface area contributed by atoms with Crippen molar-refractivity contribution < 1.29 is 26.7 Å². The van der Waals surface area contributed by atoms with E-state index in [1.165, 1.54) is 0 Å². The standard InChI is InChI=1S/C6H9ClF2O4S/c1-13-5(10)2-3-6(8,9)4-14(7,11)12/h2-4H2,1H3. The molecule has 0 aromatic heterocycles. The molecule has 0 heterocycles. The maximum absolute atomic E-state index is 12.7. The predicted molar refractivity (Wildman–Crippen MR) is 45.8 cm³/mol. The van der Waals surface area contributed by atoms with Gasteiger partial charge < -0.3 is 4.74 Å². The molecule has 8 heteroatoms. The molecule has 84 valence electrons. The van der Waals surface area contributed by atoms with Gasteiger partial charge in [0.15, 0.2) is 0 Å². The Balaban J connectivity index is 4.15. The smallest absolute Gasteiger partial charge is 0.305 e. The van der Waals surface area contributed by atoms with Crippen molar-refractivity contribution >= 4 is 25.7 Å². The number of carbonyl (C=O) groups excluding carboxylic acids is 1. The van der Waals surface area contributed by atoms with Crippen LogP contribution in [0.4, 0.5) is 8.78 Å². The quantitative estimate of drug-likeness (QED) is 0.542. The predicted octanol–water partition coefficient (Wildman–Crippen LogP) is 1.14. The third-order valence-corrected chi connectivity index (χ3v) is 2.40. The largest absolute Gasteiger partial charge is 0.469 e. The highest BCUT2D eigenvalue weighted by atomic mass is 35.7. The van der Waals surface area contributed by atoms with Crippen molar-refractivity contribution in [2.24, 2.45) is 0 Å². The third-order valence-electron chi connectivity index (χ3n) is 1.31. The summed E-state index contributed by atoms with van der Waals surface area (Å²) in [5, 5.41) is 0. The maximum Gasteiger partial charge on any atom is 0.305 e. The molecule has 0 atom stereocenters. The van der Waals surface area contributed by atoms with Gasteiger partial charge in [0.25, 0.3) is 5.92 Å². The Labute approximate surface area is 84.6 Å². The third kappa shape index (κ3) is 7.02. The highest BCUT2D eigenvalue weighted by Gasteiger charge is 2.35. The number of carbonyl (C=O) groups is 1. The van der Waals surface area contributed by atoms with Crippen molar-refractivity contribution in [2.75, 3.05) is 12.9 Å². The molecule has 4 nitrogen and oxygen atoms in total. The van der Waals surface area contributed by atoms with E-state index >= 15 is 0 Å². The molecule has 0 saturated carbocycles. The van der Waals surface area contributed by atoms with E-state index in [2.05, 4.69) is 15.4 Å². The number of rotatable bonds is 5. The van der Waals surface area contributed by atoms with E-state index in [9.17, 15) is 22.0 Å². The number of halogens is 3. The van der Waals surface area contributed by atoms with Gasteiger partial charge in [0, 0.05) is 17.1 Å². The van der Waals surface area contributed by atoms with E-state index in [1.807, 2.05) is 0 Å². The Morgan fingerprint density at radius 2 is 2.00 bits per heavy atom. The molecular weight excluding hydrogens is 242 g/mol. The molecule has 0 aliphatic rings. The van der Waals surface area contributed by atoms with Crippen LogP contribution < -0.4 is 0 Å². The van der Waals surface area contributed by atoms with Gasteiger partial charge in [-0.1, -0.05) is 0 Å². The van der Waals surface area contributed by atoms with Gasteiger partial charge in [-0.2, -0.15) is 0 Å². The first-order valence-electron chi connectivity index (χ1n) is 3.53. The van der Waals surface area contributed by atoms with E-state index < -0.39 is 39.5 Å². The number of esters is 1.